The molecule has 2 N–H and O–H groups in total. The van der Waals surface area contributed by atoms with Crippen LogP contribution in [0.15, 0.2) is 52.1 Å². The van der Waals surface area contributed by atoms with Crippen molar-refractivity contribution in [3.63, 3.8) is 0 Å². The first-order valence-corrected chi connectivity index (χ1v) is 8.78. The first-order valence-electron chi connectivity index (χ1n) is 7.98. The molecule has 1 aromatic carbocycles. The molecule has 0 fully saturated rings. The van der Waals surface area contributed by atoms with Gasteiger partial charge in [0.1, 0.15) is 13.2 Å². The van der Waals surface area contributed by atoms with Crippen LogP contribution in [0.2, 0.25) is 0 Å². The fourth-order valence-electron chi connectivity index (χ4n) is 2.68. The van der Waals surface area contributed by atoms with Gasteiger partial charge in [-0.15, -0.1) is 0 Å². The Bertz CT molecular complexity index is 855. The summed E-state index contributed by atoms with van der Waals surface area (Å²) < 4.78 is 6.08. The van der Waals surface area contributed by atoms with E-state index in [-0.39, 0.29) is 25.7 Å². The maximum atomic E-state index is 12.6. The van der Waals surface area contributed by atoms with E-state index in [0.29, 0.717) is 18.0 Å². The Labute approximate surface area is 159 Å². The number of carbonyl (C=O) groups is 2. The van der Waals surface area contributed by atoms with Gasteiger partial charge in [0.2, 0.25) is 11.8 Å². The number of anilines is 1. The predicted octanol–water partition coefficient (Wildman–Crippen LogP) is 1.53. The minimum Gasteiger partial charge on any atom is -0.370 e. The number of benzodiazepines with no additional fused rings is 1. The molecule has 26 heavy (non-hydrogen) atoms. The Morgan fingerprint density at radius 1 is 1.31 bits per heavy atom. The van der Waals surface area contributed by atoms with Crippen LogP contribution in [0.5, 0.6) is 0 Å². The predicted molar refractivity (Wildman–Crippen MR) is 101 cm³/mol. The van der Waals surface area contributed by atoms with Crippen LogP contribution in [-0.4, -0.2) is 48.8 Å². The molecule has 2 amide bonds. The zero-order chi connectivity index (χ0) is 18.5. The van der Waals surface area contributed by atoms with Gasteiger partial charge in [-0.05, 0) is 30.3 Å². The number of ether oxygens (including phenoxy) is 1. The molecule has 0 atom stereocenters. The number of aliphatic imine (C=N–C) groups is 1. The first kappa shape index (κ1) is 18.2. The summed E-state index contributed by atoms with van der Waals surface area (Å²) in [6, 6.07) is 11.2. The van der Waals surface area contributed by atoms with Gasteiger partial charge in [-0.2, -0.15) is 0 Å². The van der Waals surface area contributed by atoms with Crippen molar-refractivity contribution in [1.29, 1.82) is 0 Å². The van der Waals surface area contributed by atoms with Crippen molar-refractivity contribution < 1.29 is 14.3 Å². The van der Waals surface area contributed by atoms with Crippen molar-refractivity contribution in [1.82, 2.24) is 4.98 Å². The molecule has 3 rings (SSSR count). The molecule has 2 heterocycles. The van der Waals surface area contributed by atoms with E-state index in [1.54, 1.807) is 11.1 Å². The van der Waals surface area contributed by atoms with E-state index in [0.717, 1.165) is 15.7 Å². The number of hydrogen-bond acceptors (Lipinski definition) is 5. The molecule has 0 saturated heterocycles. The second kappa shape index (κ2) is 8.20. The highest BCUT2D eigenvalue weighted by molar-refractivity contribution is 9.10. The third kappa shape index (κ3) is 4.14. The van der Waals surface area contributed by atoms with E-state index >= 15 is 0 Å². The lowest BCUT2D eigenvalue weighted by molar-refractivity contribution is -0.122. The van der Waals surface area contributed by atoms with Crippen molar-refractivity contribution in [2.45, 2.75) is 0 Å². The summed E-state index contributed by atoms with van der Waals surface area (Å²) in [5.41, 5.74) is 7.96. The van der Waals surface area contributed by atoms with Crippen LogP contribution < -0.4 is 10.6 Å². The van der Waals surface area contributed by atoms with Crippen LogP contribution >= 0.6 is 15.9 Å². The minimum absolute atomic E-state index is 0.00796. The quantitative estimate of drug-likeness (QED) is 0.721. The molecule has 0 unspecified atom stereocenters. The monoisotopic (exact) mass is 416 g/mol. The van der Waals surface area contributed by atoms with Crippen LogP contribution in [0.4, 0.5) is 5.69 Å². The standard InChI is InChI=1S/C18H17BrN4O3/c19-12-4-5-15-13(9-12)18(14-3-1-2-6-21-14)22-10-17(25)23(15)7-8-26-11-16(20)24/h1-6,9H,7-8,10-11H2,(H2,20,24). The van der Waals surface area contributed by atoms with Gasteiger partial charge in [0.25, 0.3) is 0 Å². The van der Waals surface area contributed by atoms with E-state index in [1.165, 1.54) is 0 Å². The average Bonchev–Trinajstić information content (AvgIpc) is 2.76. The third-order valence-corrected chi connectivity index (χ3v) is 4.28. The molecular formula is C18H17BrN4O3. The maximum Gasteiger partial charge on any atom is 0.248 e. The molecule has 134 valence electrons. The van der Waals surface area contributed by atoms with Crippen LogP contribution in [0.3, 0.4) is 0 Å². The Morgan fingerprint density at radius 3 is 2.88 bits per heavy atom. The highest BCUT2D eigenvalue weighted by Crippen LogP contribution is 2.29. The number of rotatable bonds is 6. The van der Waals surface area contributed by atoms with Crippen molar-refractivity contribution in [2.24, 2.45) is 10.7 Å². The summed E-state index contributed by atoms with van der Waals surface area (Å²) >= 11 is 3.48. The molecule has 1 aromatic heterocycles. The normalized spacial score (nSPS) is 13.8. The van der Waals surface area contributed by atoms with E-state index in [4.69, 9.17) is 10.5 Å². The van der Waals surface area contributed by atoms with Crippen molar-refractivity contribution in [3.05, 3.63) is 58.3 Å². The molecule has 0 radical (unpaired) electrons. The number of hydrogen-bond donors (Lipinski definition) is 1. The number of aromatic nitrogens is 1. The number of carbonyl (C=O) groups excluding carboxylic acids is 2. The summed E-state index contributed by atoms with van der Waals surface area (Å²) in [4.78, 5) is 33.9. The number of nitrogens with two attached hydrogens (primary N) is 1. The SMILES string of the molecule is NC(=O)COCCN1C(=O)CN=C(c2ccccn2)c2cc(Br)ccc21. The van der Waals surface area contributed by atoms with Gasteiger partial charge < -0.3 is 15.4 Å². The lowest BCUT2D eigenvalue weighted by Gasteiger charge is -2.23. The fourth-order valence-corrected chi connectivity index (χ4v) is 3.04. The molecule has 0 bridgehead atoms. The molecule has 7 nitrogen and oxygen atoms in total. The Hall–Kier alpha value is -2.58. The molecule has 0 spiro atoms. The zero-order valence-corrected chi connectivity index (χ0v) is 15.5. The van der Waals surface area contributed by atoms with Crippen LogP contribution in [-0.2, 0) is 14.3 Å². The van der Waals surface area contributed by atoms with Crippen molar-refractivity contribution in [3.8, 4) is 0 Å². The Kier molecular flexibility index (Phi) is 5.75. The second-order valence-corrected chi connectivity index (χ2v) is 6.52. The number of fused-ring (bicyclic) bond motifs is 1. The summed E-state index contributed by atoms with van der Waals surface area (Å²) in [6.07, 6.45) is 1.69. The largest absolute Gasteiger partial charge is 0.370 e. The maximum absolute atomic E-state index is 12.6. The average molecular weight is 417 g/mol. The number of halogens is 1. The number of nitrogens with zero attached hydrogens (tertiary/aromatic N) is 3. The van der Waals surface area contributed by atoms with E-state index in [2.05, 4.69) is 25.9 Å². The first-order chi connectivity index (χ1) is 12.6. The Morgan fingerprint density at radius 2 is 2.15 bits per heavy atom. The molecule has 1 aliphatic heterocycles. The van der Waals surface area contributed by atoms with Crippen LogP contribution in [0.1, 0.15) is 11.3 Å². The lowest BCUT2D eigenvalue weighted by Crippen LogP contribution is -2.36. The number of amides is 2. The van der Waals surface area contributed by atoms with Gasteiger partial charge >= 0.3 is 0 Å². The summed E-state index contributed by atoms with van der Waals surface area (Å²) in [7, 11) is 0. The van der Waals surface area contributed by atoms with Gasteiger partial charge in [-0.1, -0.05) is 22.0 Å². The van der Waals surface area contributed by atoms with E-state index in [1.807, 2.05) is 36.4 Å². The van der Waals surface area contributed by atoms with Gasteiger partial charge in [0, 0.05) is 22.8 Å². The molecule has 1 aliphatic rings. The van der Waals surface area contributed by atoms with Crippen molar-refractivity contribution in [2.75, 3.05) is 31.2 Å². The van der Waals surface area contributed by atoms with E-state index < -0.39 is 5.91 Å². The lowest BCUT2D eigenvalue weighted by atomic mass is 10.0. The van der Waals surface area contributed by atoms with Gasteiger partial charge in [-0.25, -0.2) is 0 Å². The molecule has 2 aromatic rings. The zero-order valence-electron chi connectivity index (χ0n) is 13.9. The molecule has 0 aliphatic carbocycles. The van der Waals surface area contributed by atoms with Gasteiger partial charge in [0.15, 0.2) is 0 Å². The number of primary amides is 1. The fraction of sp³-hybridized carbons (Fsp3) is 0.222. The van der Waals surface area contributed by atoms with Gasteiger partial charge in [-0.3, -0.25) is 19.6 Å². The molecular weight excluding hydrogens is 400 g/mol. The van der Waals surface area contributed by atoms with Crippen LogP contribution in [0.25, 0.3) is 0 Å². The Balaban J connectivity index is 1.94. The van der Waals surface area contributed by atoms with E-state index in [9.17, 15) is 9.59 Å². The topological polar surface area (TPSA) is 97.9 Å². The summed E-state index contributed by atoms with van der Waals surface area (Å²) in [6.45, 7) is 0.327. The number of pyridine rings is 1. The highest BCUT2D eigenvalue weighted by Gasteiger charge is 2.25. The molecule has 8 heteroatoms. The smallest absolute Gasteiger partial charge is 0.248 e. The van der Waals surface area contributed by atoms with Crippen LogP contribution in [0, 0.1) is 0 Å². The highest BCUT2D eigenvalue weighted by atomic mass is 79.9. The third-order valence-electron chi connectivity index (χ3n) is 3.79. The van der Waals surface area contributed by atoms with Crippen molar-refractivity contribution >= 4 is 39.1 Å². The summed E-state index contributed by atoms with van der Waals surface area (Å²) in [5.74, 6) is -0.695. The number of benzene rings is 1. The minimum atomic E-state index is -0.544. The molecule has 0 saturated carbocycles. The van der Waals surface area contributed by atoms with Gasteiger partial charge in [0.05, 0.1) is 23.7 Å². The second-order valence-electron chi connectivity index (χ2n) is 5.61. The summed E-state index contributed by atoms with van der Waals surface area (Å²) in [5, 5.41) is 0.